The van der Waals surface area contributed by atoms with Gasteiger partial charge < -0.3 is 10.1 Å². The number of carbonyl (C=O) groups is 1. The highest BCUT2D eigenvalue weighted by Gasteiger charge is 2.15. The Kier molecular flexibility index (Phi) is 4.14. The number of benzene rings is 1. The molecule has 0 aliphatic carbocycles. The molecule has 0 spiro atoms. The van der Waals surface area contributed by atoms with Crippen LogP contribution in [0.25, 0.3) is 16.6 Å². The quantitative estimate of drug-likeness (QED) is 0.554. The average Bonchev–Trinajstić information content (AvgIpc) is 3.09. The van der Waals surface area contributed by atoms with Crippen molar-refractivity contribution in [2.24, 2.45) is 0 Å². The van der Waals surface area contributed by atoms with Gasteiger partial charge >= 0.3 is 5.97 Å². The third-order valence-electron chi connectivity index (χ3n) is 3.86. The number of fused-ring (bicyclic) bond motifs is 2. The van der Waals surface area contributed by atoms with Crippen LogP contribution in [0.15, 0.2) is 48.7 Å². The molecule has 0 saturated carbocycles. The van der Waals surface area contributed by atoms with E-state index in [4.69, 9.17) is 4.74 Å². The van der Waals surface area contributed by atoms with Gasteiger partial charge in [0.05, 0.1) is 18.7 Å². The van der Waals surface area contributed by atoms with Gasteiger partial charge in [-0.25, -0.2) is 14.8 Å². The van der Waals surface area contributed by atoms with E-state index in [2.05, 4.69) is 25.5 Å². The van der Waals surface area contributed by atoms with E-state index in [0.717, 1.165) is 16.9 Å². The number of nitrogens with zero attached hydrogens (tertiary/aromatic N) is 5. The molecule has 0 radical (unpaired) electrons. The zero-order chi connectivity index (χ0) is 17.9. The van der Waals surface area contributed by atoms with Crippen LogP contribution in [0.3, 0.4) is 0 Å². The van der Waals surface area contributed by atoms with Crippen molar-refractivity contribution in [1.82, 2.24) is 24.6 Å². The van der Waals surface area contributed by atoms with Gasteiger partial charge in [-0.2, -0.15) is 0 Å². The smallest absolute Gasteiger partial charge is 0.376 e. The van der Waals surface area contributed by atoms with Crippen molar-refractivity contribution in [3.8, 4) is 0 Å². The van der Waals surface area contributed by atoms with Crippen LogP contribution >= 0.6 is 0 Å². The zero-order valence-corrected chi connectivity index (χ0v) is 14.1. The first-order valence-corrected chi connectivity index (χ1v) is 8.22. The van der Waals surface area contributed by atoms with Gasteiger partial charge in [0, 0.05) is 11.6 Å². The first kappa shape index (κ1) is 15.9. The Morgan fingerprint density at radius 3 is 2.85 bits per heavy atom. The Morgan fingerprint density at radius 2 is 1.96 bits per heavy atom. The molecule has 0 aliphatic rings. The van der Waals surface area contributed by atoms with E-state index in [9.17, 15) is 4.79 Å². The summed E-state index contributed by atoms with van der Waals surface area (Å²) in [4.78, 5) is 20.7. The van der Waals surface area contributed by atoms with Crippen LogP contribution in [0.2, 0.25) is 0 Å². The van der Waals surface area contributed by atoms with Gasteiger partial charge in [-0.15, -0.1) is 10.2 Å². The summed E-state index contributed by atoms with van der Waals surface area (Å²) < 4.78 is 6.91. The lowest BCUT2D eigenvalue weighted by atomic mass is 10.2. The molecule has 1 N–H and O–H groups in total. The van der Waals surface area contributed by atoms with Gasteiger partial charge in [0.2, 0.25) is 5.82 Å². The Balaban J connectivity index is 1.69. The highest BCUT2D eigenvalue weighted by atomic mass is 16.5. The Bertz CT molecular complexity index is 1090. The van der Waals surface area contributed by atoms with Crippen molar-refractivity contribution in [1.29, 1.82) is 0 Å². The highest BCUT2D eigenvalue weighted by Crippen LogP contribution is 2.21. The molecule has 0 unspecified atom stereocenters. The van der Waals surface area contributed by atoms with E-state index >= 15 is 0 Å². The summed E-state index contributed by atoms with van der Waals surface area (Å²) in [5, 5.41) is 12.4. The normalized spacial score (nSPS) is 11.0. The maximum atomic E-state index is 12.0. The first-order chi connectivity index (χ1) is 12.8. The molecule has 0 atom stereocenters. The van der Waals surface area contributed by atoms with Crippen LogP contribution in [-0.2, 0) is 11.3 Å². The number of rotatable bonds is 5. The molecular weight excluding hydrogens is 332 g/mol. The van der Waals surface area contributed by atoms with Crippen LogP contribution in [-0.4, -0.2) is 37.1 Å². The minimum absolute atomic E-state index is 0.0270. The number of nitrogens with one attached hydrogen (secondary N) is 1. The lowest BCUT2D eigenvalue weighted by Gasteiger charge is -2.10. The van der Waals surface area contributed by atoms with Crippen molar-refractivity contribution in [2.45, 2.75) is 13.5 Å². The summed E-state index contributed by atoms with van der Waals surface area (Å²) in [5.74, 6) is 0.765. The molecule has 0 fully saturated rings. The summed E-state index contributed by atoms with van der Waals surface area (Å²) in [7, 11) is 0. The number of anilines is 1. The Morgan fingerprint density at radius 1 is 1.12 bits per heavy atom. The van der Waals surface area contributed by atoms with Gasteiger partial charge in [0.15, 0.2) is 11.5 Å². The number of carbonyl (C=O) groups excluding carboxylic acids is 1. The highest BCUT2D eigenvalue weighted by molar-refractivity contribution is 5.94. The molecule has 1 aromatic carbocycles. The minimum atomic E-state index is -0.547. The van der Waals surface area contributed by atoms with E-state index in [1.165, 1.54) is 0 Å². The average molecular weight is 348 g/mol. The standard InChI is InChI=1S/C18H16N6O2/c1-2-26-18(25)17-20-13-8-4-3-7-12(13)16(21-17)19-11-15-23-22-14-9-5-6-10-24(14)15/h3-10H,2,11H2,1H3,(H,19,20,21). The number of hydrogen-bond acceptors (Lipinski definition) is 7. The SMILES string of the molecule is CCOC(=O)c1nc(NCc2nnc3ccccn23)c2ccccc2n1. The molecule has 8 heteroatoms. The maximum Gasteiger partial charge on any atom is 0.376 e. The largest absolute Gasteiger partial charge is 0.460 e. The number of esters is 1. The number of ether oxygens (including phenoxy) is 1. The maximum absolute atomic E-state index is 12.0. The van der Waals surface area contributed by atoms with Crippen LogP contribution in [0.5, 0.6) is 0 Å². The Labute approximate surface area is 148 Å². The van der Waals surface area contributed by atoms with Gasteiger partial charge in [-0.3, -0.25) is 4.40 Å². The number of pyridine rings is 1. The predicted molar refractivity (Wildman–Crippen MR) is 95.8 cm³/mol. The number of hydrogen-bond donors (Lipinski definition) is 1. The first-order valence-electron chi connectivity index (χ1n) is 8.22. The number of aromatic nitrogens is 5. The summed E-state index contributed by atoms with van der Waals surface area (Å²) in [5.41, 5.74) is 1.43. The summed E-state index contributed by atoms with van der Waals surface area (Å²) in [6.45, 7) is 2.41. The molecule has 0 saturated heterocycles. The van der Waals surface area contributed by atoms with Gasteiger partial charge in [0.1, 0.15) is 5.82 Å². The third-order valence-corrected chi connectivity index (χ3v) is 3.86. The second-order valence-corrected chi connectivity index (χ2v) is 5.53. The molecule has 0 bridgehead atoms. The number of para-hydroxylation sites is 1. The molecule has 0 aliphatic heterocycles. The second-order valence-electron chi connectivity index (χ2n) is 5.53. The van der Waals surface area contributed by atoms with Gasteiger partial charge in [-0.1, -0.05) is 18.2 Å². The van der Waals surface area contributed by atoms with Crippen LogP contribution < -0.4 is 5.32 Å². The van der Waals surface area contributed by atoms with E-state index in [-0.39, 0.29) is 12.4 Å². The van der Waals surface area contributed by atoms with E-state index < -0.39 is 5.97 Å². The third kappa shape index (κ3) is 2.92. The molecule has 8 nitrogen and oxygen atoms in total. The minimum Gasteiger partial charge on any atom is -0.460 e. The Hall–Kier alpha value is -3.55. The molecule has 3 heterocycles. The monoisotopic (exact) mass is 348 g/mol. The van der Waals surface area contributed by atoms with E-state index in [0.29, 0.717) is 17.9 Å². The fourth-order valence-electron chi connectivity index (χ4n) is 2.67. The van der Waals surface area contributed by atoms with Crippen LogP contribution in [0, 0.1) is 0 Å². The van der Waals surface area contributed by atoms with Crippen molar-refractivity contribution >= 4 is 28.3 Å². The summed E-state index contributed by atoms with van der Waals surface area (Å²) >= 11 is 0. The molecule has 3 aromatic heterocycles. The van der Waals surface area contributed by atoms with Crippen LogP contribution in [0.4, 0.5) is 5.82 Å². The molecule has 0 amide bonds. The summed E-state index contributed by atoms with van der Waals surface area (Å²) in [6.07, 6.45) is 1.90. The van der Waals surface area contributed by atoms with Crippen molar-refractivity contribution < 1.29 is 9.53 Å². The van der Waals surface area contributed by atoms with Gasteiger partial charge in [0.25, 0.3) is 0 Å². The second kappa shape index (κ2) is 6.75. The van der Waals surface area contributed by atoms with E-state index in [1.807, 2.05) is 53.1 Å². The topological polar surface area (TPSA) is 94.3 Å². The lowest BCUT2D eigenvalue weighted by molar-refractivity contribution is 0.0512. The lowest BCUT2D eigenvalue weighted by Crippen LogP contribution is -2.13. The summed E-state index contributed by atoms with van der Waals surface area (Å²) in [6, 6.07) is 13.2. The molecule has 26 heavy (non-hydrogen) atoms. The fourth-order valence-corrected chi connectivity index (χ4v) is 2.67. The van der Waals surface area contributed by atoms with Gasteiger partial charge in [-0.05, 0) is 31.2 Å². The van der Waals surface area contributed by atoms with E-state index in [1.54, 1.807) is 6.92 Å². The zero-order valence-electron chi connectivity index (χ0n) is 14.1. The molecular formula is C18H16N6O2. The van der Waals surface area contributed by atoms with Crippen LogP contribution in [0.1, 0.15) is 23.4 Å². The fraction of sp³-hybridized carbons (Fsp3) is 0.167. The molecule has 130 valence electrons. The molecule has 4 aromatic rings. The van der Waals surface area contributed by atoms with Crippen molar-refractivity contribution in [2.75, 3.05) is 11.9 Å². The predicted octanol–water partition coefficient (Wildman–Crippen LogP) is 2.46. The van der Waals surface area contributed by atoms with Crippen molar-refractivity contribution in [3.05, 3.63) is 60.3 Å². The molecule has 4 rings (SSSR count). The van der Waals surface area contributed by atoms with Crippen molar-refractivity contribution in [3.63, 3.8) is 0 Å².